The SMILES string of the molecule is Cc1cc(C(=O)NC2CCCCC2C(F)(F)F)c2cnn(Cc3cccs3)c2n1. The molecule has 29 heavy (non-hydrogen) atoms. The third-order valence-electron chi connectivity index (χ3n) is 5.37. The average Bonchev–Trinajstić information content (AvgIpc) is 3.31. The Balaban J connectivity index is 1.63. The molecule has 1 N–H and O–H groups in total. The number of aryl methyl sites for hydroxylation is 1. The molecular formula is C20H21F3N4OS. The summed E-state index contributed by atoms with van der Waals surface area (Å²) < 4.78 is 41.8. The molecule has 2 unspecified atom stereocenters. The van der Waals surface area contributed by atoms with Gasteiger partial charge in [-0.2, -0.15) is 18.3 Å². The van der Waals surface area contributed by atoms with Crippen molar-refractivity contribution in [3.63, 3.8) is 0 Å². The van der Waals surface area contributed by atoms with Crippen LogP contribution in [0.25, 0.3) is 11.0 Å². The molecule has 9 heteroatoms. The fraction of sp³-hybridized carbons (Fsp3) is 0.450. The molecule has 1 amide bonds. The molecule has 0 saturated heterocycles. The van der Waals surface area contributed by atoms with Gasteiger partial charge in [-0.15, -0.1) is 11.3 Å². The van der Waals surface area contributed by atoms with Crippen LogP contribution in [0.3, 0.4) is 0 Å². The zero-order valence-corrected chi connectivity index (χ0v) is 16.7. The molecule has 3 aromatic rings. The summed E-state index contributed by atoms with van der Waals surface area (Å²) in [6.07, 6.45) is -1.15. The van der Waals surface area contributed by atoms with E-state index in [1.807, 2.05) is 17.5 Å². The van der Waals surface area contributed by atoms with Crippen molar-refractivity contribution in [3.05, 3.63) is 45.9 Å². The van der Waals surface area contributed by atoms with Gasteiger partial charge in [-0.05, 0) is 37.3 Å². The van der Waals surface area contributed by atoms with Crippen molar-refractivity contribution in [1.82, 2.24) is 20.1 Å². The van der Waals surface area contributed by atoms with Crippen molar-refractivity contribution in [2.45, 2.75) is 51.4 Å². The third-order valence-corrected chi connectivity index (χ3v) is 6.23. The van der Waals surface area contributed by atoms with Gasteiger partial charge in [-0.3, -0.25) is 4.79 Å². The lowest BCUT2D eigenvalue weighted by atomic mass is 9.84. The zero-order chi connectivity index (χ0) is 20.6. The average molecular weight is 422 g/mol. The highest BCUT2D eigenvalue weighted by Crippen LogP contribution is 2.38. The maximum atomic E-state index is 13.4. The molecule has 0 aromatic carbocycles. The maximum absolute atomic E-state index is 13.4. The standard InChI is InChI=1S/C20H21F3N4OS/c1-12-9-14(19(28)26-17-7-3-2-6-16(17)20(21,22)23)15-10-24-27(18(15)25-12)11-13-5-4-8-29-13/h4-5,8-10,16-17H,2-3,6-7,11H2,1H3,(H,26,28). The topological polar surface area (TPSA) is 59.8 Å². The van der Waals surface area contributed by atoms with Gasteiger partial charge in [0, 0.05) is 16.6 Å². The normalized spacial score (nSPS) is 20.1. The van der Waals surface area contributed by atoms with E-state index in [-0.39, 0.29) is 6.42 Å². The minimum atomic E-state index is -4.31. The largest absolute Gasteiger partial charge is 0.393 e. The van der Waals surface area contributed by atoms with Crippen LogP contribution in [0.4, 0.5) is 13.2 Å². The molecule has 3 aromatic heterocycles. The smallest absolute Gasteiger partial charge is 0.349 e. The Morgan fingerprint density at radius 2 is 2.14 bits per heavy atom. The van der Waals surface area contributed by atoms with Gasteiger partial charge in [0.1, 0.15) is 0 Å². The van der Waals surface area contributed by atoms with E-state index in [4.69, 9.17) is 0 Å². The Hall–Kier alpha value is -2.42. The fourth-order valence-corrected chi connectivity index (χ4v) is 4.65. The Bertz CT molecular complexity index is 1010. The number of fused-ring (bicyclic) bond motifs is 1. The second-order valence-corrected chi connectivity index (χ2v) is 8.47. The molecule has 1 aliphatic carbocycles. The molecular weight excluding hydrogens is 401 g/mol. The number of hydrogen-bond acceptors (Lipinski definition) is 4. The van der Waals surface area contributed by atoms with Gasteiger partial charge < -0.3 is 5.32 Å². The molecule has 2 atom stereocenters. The molecule has 5 nitrogen and oxygen atoms in total. The van der Waals surface area contributed by atoms with Crippen molar-refractivity contribution in [3.8, 4) is 0 Å². The van der Waals surface area contributed by atoms with Crippen LogP contribution in [0.1, 0.15) is 46.6 Å². The summed E-state index contributed by atoms with van der Waals surface area (Å²) in [5.41, 5.74) is 1.49. The van der Waals surface area contributed by atoms with Gasteiger partial charge in [0.25, 0.3) is 5.91 Å². The Morgan fingerprint density at radius 3 is 2.86 bits per heavy atom. The number of amides is 1. The molecule has 3 heterocycles. The van der Waals surface area contributed by atoms with Crippen molar-refractivity contribution < 1.29 is 18.0 Å². The van der Waals surface area contributed by atoms with E-state index in [0.29, 0.717) is 48.1 Å². The Kier molecular flexibility index (Phi) is 5.33. The van der Waals surface area contributed by atoms with Crippen LogP contribution in [-0.2, 0) is 6.54 Å². The summed E-state index contributed by atoms with van der Waals surface area (Å²) in [7, 11) is 0. The summed E-state index contributed by atoms with van der Waals surface area (Å²) in [4.78, 5) is 18.5. The number of alkyl halides is 3. The number of aromatic nitrogens is 3. The van der Waals surface area contributed by atoms with Gasteiger partial charge in [-0.25, -0.2) is 9.67 Å². The Morgan fingerprint density at radius 1 is 1.34 bits per heavy atom. The first-order valence-electron chi connectivity index (χ1n) is 9.56. The lowest BCUT2D eigenvalue weighted by molar-refractivity contribution is -0.187. The summed E-state index contributed by atoms with van der Waals surface area (Å²) in [6.45, 7) is 2.29. The second kappa shape index (κ2) is 7.78. The monoisotopic (exact) mass is 422 g/mol. The van der Waals surface area contributed by atoms with Gasteiger partial charge in [0.15, 0.2) is 5.65 Å². The highest BCUT2D eigenvalue weighted by Gasteiger charge is 2.46. The molecule has 0 spiro atoms. The van der Waals surface area contributed by atoms with E-state index in [1.165, 1.54) is 0 Å². The van der Waals surface area contributed by atoms with Crippen LogP contribution in [-0.4, -0.2) is 32.9 Å². The first-order chi connectivity index (χ1) is 13.8. The molecule has 0 aliphatic heterocycles. The van der Waals surface area contributed by atoms with E-state index in [2.05, 4.69) is 15.4 Å². The molecule has 1 fully saturated rings. The predicted molar refractivity (Wildman–Crippen MR) is 105 cm³/mol. The highest BCUT2D eigenvalue weighted by molar-refractivity contribution is 7.09. The lowest BCUT2D eigenvalue weighted by Crippen LogP contribution is -2.47. The minimum Gasteiger partial charge on any atom is -0.349 e. The second-order valence-electron chi connectivity index (χ2n) is 7.44. The maximum Gasteiger partial charge on any atom is 0.393 e. The van der Waals surface area contributed by atoms with Crippen LogP contribution in [0.5, 0.6) is 0 Å². The molecule has 4 rings (SSSR count). The van der Waals surface area contributed by atoms with Gasteiger partial charge in [0.05, 0.1) is 29.6 Å². The first kappa shape index (κ1) is 19.9. The number of carbonyl (C=O) groups excluding carboxylic acids is 1. The Labute approximate surface area is 169 Å². The van der Waals surface area contributed by atoms with Crippen LogP contribution in [0, 0.1) is 12.8 Å². The minimum absolute atomic E-state index is 0.0535. The van der Waals surface area contributed by atoms with E-state index >= 15 is 0 Å². The third kappa shape index (κ3) is 4.14. The van der Waals surface area contributed by atoms with Gasteiger partial charge in [0.2, 0.25) is 0 Å². The number of nitrogens with zero attached hydrogens (tertiary/aromatic N) is 3. The quantitative estimate of drug-likeness (QED) is 0.663. The van der Waals surface area contributed by atoms with Crippen molar-refractivity contribution >= 4 is 28.3 Å². The number of rotatable bonds is 4. The van der Waals surface area contributed by atoms with Crippen LogP contribution in [0.2, 0.25) is 0 Å². The van der Waals surface area contributed by atoms with E-state index < -0.39 is 24.0 Å². The number of nitrogens with one attached hydrogen (secondary N) is 1. The summed E-state index contributed by atoms with van der Waals surface area (Å²) in [6, 6.07) is 4.65. The van der Waals surface area contributed by atoms with E-state index in [0.717, 1.165) is 4.88 Å². The summed E-state index contributed by atoms with van der Waals surface area (Å²) in [5.74, 6) is -2.00. The lowest BCUT2D eigenvalue weighted by Gasteiger charge is -2.33. The molecule has 0 bridgehead atoms. The fourth-order valence-electron chi connectivity index (χ4n) is 3.97. The number of hydrogen-bond donors (Lipinski definition) is 1. The van der Waals surface area contributed by atoms with E-state index in [1.54, 1.807) is 35.2 Å². The highest BCUT2D eigenvalue weighted by atomic mass is 32.1. The predicted octanol–water partition coefficient (Wildman–Crippen LogP) is 4.70. The van der Waals surface area contributed by atoms with Gasteiger partial charge in [-0.1, -0.05) is 18.9 Å². The molecule has 154 valence electrons. The van der Waals surface area contributed by atoms with Crippen LogP contribution in [0.15, 0.2) is 29.8 Å². The molecule has 0 radical (unpaired) electrons. The van der Waals surface area contributed by atoms with Crippen LogP contribution >= 0.6 is 11.3 Å². The van der Waals surface area contributed by atoms with Crippen molar-refractivity contribution in [2.24, 2.45) is 5.92 Å². The molecule has 1 aliphatic rings. The summed E-state index contributed by atoms with van der Waals surface area (Å²) in [5, 5.41) is 9.52. The van der Waals surface area contributed by atoms with E-state index in [9.17, 15) is 18.0 Å². The number of pyridine rings is 1. The summed E-state index contributed by atoms with van der Waals surface area (Å²) >= 11 is 1.60. The van der Waals surface area contributed by atoms with Crippen molar-refractivity contribution in [2.75, 3.05) is 0 Å². The number of carbonyl (C=O) groups is 1. The first-order valence-corrected chi connectivity index (χ1v) is 10.4. The van der Waals surface area contributed by atoms with Gasteiger partial charge >= 0.3 is 6.18 Å². The number of halogens is 3. The molecule has 1 saturated carbocycles. The number of thiophene rings is 1. The van der Waals surface area contributed by atoms with Crippen LogP contribution < -0.4 is 5.32 Å². The zero-order valence-electron chi connectivity index (χ0n) is 15.9. The van der Waals surface area contributed by atoms with Crippen molar-refractivity contribution in [1.29, 1.82) is 0 Å².